The summed E-state index contributed by atoms with van der Waals surface area (Å²) >= 11 is 0. The Morgan fingerprint density at radius 2 is 2.19 bits per heavy atom. The predicted molar refractivity (Wildman–Crippen MR) is 94.7 cm³/mol. The fourth-order valence-electron chi connectivity index (χ4n) is 3.33. The highest BCUT2D eigenvalue weighted by Crippen LogP contribution is 2.43. The highest BCUT2D eigenvalue weighted by molar-refractivity contribution is 6.02. The highest BCUT2D eigenvalue weighted by atomic mass is 19.1. The number of hydrogen-bond donors (Lipinski definition) is 2. The molecule has 1 fully saturated rings. The van der Waals surface area contributed by atoms with E-state index in [-0.39, 0.29) is 24.2 Å². The van der Waals surface area contributed by atoms with Crippen LogP contribution in [-0.2, 0) is 15.0 Å². The molecule has 1 aromatic carbocycles. The van der Waals surface area contributed by atoms with E-state index in [0.717, 1.165) is 0 Å². The van der Waals surface area contributed by atoms with Crippen LogP contribution in [0.1, 0.15) is 21.7 Å². The summed E-state index contributed by atoms with van der Waals surface area (Å²) in [5, 5.41) is 2.71. The van der Waals surface area contributed by atoms with E-state index < -0.39 is 17.3 Å². The zero-order valence-electron chi connectivity index (χ0n) is 14.6. The first kappa shape index (κ1) is 17.3. The van der Waals surface area contributed by atoms with E-state index in [1.54, 1.807) is 13.0 Å². The van der Waals surface area contributed by atoms with Gasteiger partial charge in [-0.2, -0.15) is 0 Å². The Bertz CT molecular complexity index is 918. The van der Waals surface area contributed by atoms with E-state index in [1.807, 2.05) is 0 Å². The minimum atomic E-state index is -0.961. The molecule has 1 aromatic heterocycles. The number of amides is 1. The van der Waals surface area contributed by atoms with Crippen LogP contribution in [0.4, 0.5) is 10.1 Å². The van der Waals surface area contributed by atoms with Gasteiger partial charge in [-0.15, -0.1) is 0 Å². The van der Waals surface area contributed by atoms with Crippen LogP contribution in [0, 0.1) is 18.7 Å². The van der Waals surface area contributed by atoms with E-state index in [9.17, 15) is 9.18 Å². The first-order chi connectivity index (χ1) is 13.0. The molecule has 3 heterocycles. The van der Waals surface area contributed by atoms with Crippen molar-refractivity contribution in [1.29, 1.82) is 0 Å². The van der Waals surface area contributed by atoms with E-state index in [0.29, 0.717) is 30.2 Å². The first-order valence-corrected chi connectivity index (χ1v) is 8.44. The number of halogens is 1. The lowest BCUT2D eigenvalue weighted by Gasteiger charge is -2.34. The molecule has 2 atom stereocenters. The Morgan fingerprint density at radius 1 is 1.33 bits per heavy atom. The number of nitrogens with zero attached hydrogens (tertiary/aromatic N) is 3. The van der Waals surface area contributed by atoms with Gasteiger partial charge >= 0.3 is 0 Å². The monoisotopic (exact) mass is 371 g/mol. The van der Waals surface area contributed by atoms with Gasteiger partial charge < -0.3 is 20.5 Å². The van der Waals surface area contributed by atoms with Crippen LogP contribution in [-0.4, -0.2) is 41.7 Å². The summed E-state index contributed by atoms with van der Waals surface area (Å²) in [5.41, 5.74) is 6.37. The van der Waals surface area contributed by atoms with Crippen LogP contribution >= 0.6 is 0 Å². The number of nitrogens with two attached hydrogens (primary N) is 1. The number of hydrogen-bond acceptors (Lipinski definition) is 7. The lowest BCUT2D eigenvalue weighted by Crippen LogP contribution is -2.43. The molecule has 1 saturated heterocycles. The molecular formula is C18H18FN5O3. The third-order valence-corrected chi connectivity index (χ3v) is 4.76. The number of ether oxygens (including phenoxy) is 2. The normalized spacial score (nSPS) is 23.9. The third-order valence-electron chi connectivity index (χ3n) is 4.76. The fraction of sp³-hybridized carbons (Fsp3) is 0.333. The quantitative estimate of drug-likeness (QED) is 0.843. The van der Waals surface area contributed by atoms with E-state index in [1.165, 1.54) is 24.5 Å². The molecule has 2 aliphatic heterocycles. The van der Waals surface area contributed by atoms with Crippen molar-refractivity contribution in [1.82, 2.24) is 9.97 Å². The molecule has 27 heavy (non-hydrogen) atoms. The van der Waals surface area contributed by atoms with Gasteiger partial charge in [-0.05, 0) is 25.1 Å². The van der Waals surface area contributed by atoms with Gasteiger partial charge in [0.05, 0.1) is 31.7 Å². The summed E-state index contributed by atoms with van der Waals surface area (Å²) < 4.78 is 25.5. The van der Waals surface area contributed by atoms with Gasteiger partial charge in [-0.3, -0.25) is 9.78 Å². The van der Waals surface area contributed by atoms with Crippen molar-refractivity contribution < 1.29 is 18.7 Å². The van der Waals surface area contributed by atoms with Crippen molar-refractivity contribution in [3.05, 3.63) is 53.4 Å². The molecule has 0 saturated carbocycles. The number of fused-ring (bicyclic) bond motifs is 1. The van der Waals surface area contributed by atoms with Gasteiger partial charge in [0.15, 0.2) is 0 Å². The van der Waals surface area contributed by atoms with Crippen molar-refractivity contribution in [2.24, 2.45) is 16.6 Å². The minimum absolute atomic E-state index is 0.000480. The molecule has 2 aromatic rings. The molecule has 4 rings (SSSR count). The zero-order valence-corrected chi connectivity index (χ0v) is 14.6. The standard InChI is InChI=1S/C18H18FN5O3/c1-10-5-22-15(6-21-10)16(25)23-12-2-3-14(19)13(4-12)18-9-26-7-11(18)8-27-17(20)24-18/h2-6,11H,7-9H2,1H3,(H2,20,24)(H,23,25). The topological polar surface area (TPSA) is 112 Å². The number of aromatic nitrogens is 2. The largest absolute Gasteiger partial charge is 0.465 e. The van der Waals surface area contributed by atoms with Gasteiger partial charge in [-0.25, -0.2) is 14.4 Å². The summed E-state index contributed by atoms with van der Waals surface area (Å²) in [6, 6.07) is 4.32. The van der Waals surface area contributed by atoms with Gasteiger partial charge in [0.25, 0.3) is 11.9 Å². The number of rotatable bonds is 3. The lowest BCUT2D eigenvalue weighted by atomic mass is 9.80. The molecule has 9 heteroatoms. The molecule has 0 bridgehead atoms. The Balaban J connectivity index is 1.67. The number of benzene rings is 1. The van der Waals surface area contributed by atoms with Crippen molar-refractivity contribution in [2.75, 3.05) is 25.1 Å². The maximum Gasteiger partial charge on any atom is 0.282 e. The average Bonchev–Trinajstić information content (AvgIpc) is 3.07. The Kier molecular flexibility index (Phi) is 4.23. The second-order valence-electron chi connectivity index (χ2n) is 6.59. The number of amidine groups is 1. The first-order valence-electron chi connectivity index (χ1n) is 8.44. The molecule has 140 valence electrons. The Labute approximate surface area is 154 Å². The molecule has 3 N–H and O–H groups in total. The Hall–Kier alpha value is -3.07. The van der Waals surface area contributed by atoms with Gasteiger partial charge in [0.1, 0.15) is 17.1 Å². The van der Waals surface area contributed by atoms with Crippen molar-refractivity contribution >= 4 is 17.6 Å². The summed E-state index contributed by atoms with van der Waals surface area (Å²) in [7, 11) is 0. The van der Waals surface area contributed by atoms with Gasteiger partial charge in [-0.1, -0.05) is 0 Å². The van der Waals surface area contributed by atoms with E-state index >= 15 is 0 Å². The molecule has 0 radical (unpaired) electrons. The molecule has 2 aliphatic rings. The molecule has 0 spiro atoms. The number of aliphatic imine (C=N–C) groups is 1. The van der Waals surface area contributed by atoms with Crippen molar-refractivity contribution in [2.45, 2.75) is 12.5 Å². The molecule has 8 nitrogen and oxygen atoms in total. The fourth-order valence-corrected chi connectivity index (χ4v) is 3.33. The van der Waals surface area contributed by atoms with Gasteiger partial charge in [0, 0.05) is 23.4 Å². The van der Waals surface area contributed by atoms with Crippen LogP contribution in [0.15, 0.2) is 35.6 Å². The van der Waals surface area contributed by atoms with Crippen LogP contribution in [0.2, 0.25) is 0 Å². The van der Waals surface area contributed by atoms with Crippen LogP contribution in [0.25, 0.3) is 0 Å². The number of anilines is 1. The number of aryl methyl sites for hydroxylation is 1. The summed E-state index contributed by atoms with van der Waals surface area (Å²) in [4.78, 5) is 24.8. The highest BCUT2D eigenvalue weighted by Gasteiger charge is 2.50. The van der Waals surface area contributed by atoms with Crippen molar-refractivity contribution in [3.8, 4) is 0 Å². The van der Waals surface area contributed by atoms with Crippen LogP contribution in [0.3, 0.4) is 0 Å². The number of nitrogens with one attached hydrogen (secondary N) is 1. The van der Waals surface area contributed by atoms with Crippen molar-refractivity contribution in [3.63, 3.8) is 0 Å². The van der Waals surface area contributed by atoms with E-state index in [4.69, 9.17) is 15.2 Å². The maximum absolute atomic E-state index is 14.7. The number of carbonyl (C=O) groups excluding carboxylic acids is 1. The molecular weight excluding hydrogens is 353 g/mol. The second-order valence-corrected chi connectivity index (χ2v) is 6.59. The smallest absolute Gasteiger partial charge is 0.282 e. The zero-order chi connectivity index (χ0) is 19.0. The summed E-state index contributed by atoms with van der Waals surface area (Å²) in [6.45, 7) is 2.66. The number of carbonyl (C=O) groups is 1. The third kappa shape index (κ3) is 3.10. The minimum Gasteiger partial charge on any atom is -0.465 e. The SMILES string of the molecule is Cc1cnc(C(=O)Nc2ccc(F)c(C34COCC3COC(N)=N4)c2)cn1. The average molecular weight is 371 g/mol. The summed E-state index contributed by atoms with van der Waals surface area (Å²) in [5.74, 6) is -1.04. The summed E-state index contributed by atoms with van der Waals surface area (Å²) in [6.07, 6.45) is 2.89. The van der Waals surface area contributed by atoms with E-state index in [2.05, 4.69) is 20.3 Å². The Morgan fingerprint density at radius 3 is 2.96 bits per heavy atom. The predicted octanol–water partition coefficient (Wildman–Crippen LogP) is 1.36. The molecule has 1 amide bonds. The molecule has 2 unspecified atom stereocenters. The lowest BCUT2D eigenvalue weighted by molar-refractivity contribution is 0.102. The van der Waals surface area contributed by atoms with Gasteiger partial charge in [0.2, 0.25) is 0 Å². The molecule has 0 aliphatic carbocycles. The van der Waals surface area contributed by atoms with Crippen LogP contribution < -0.4 is 11.1 Å². The second kappa shape index (κ2) is 6.58. The van der Waals surface area contributed by atoms with Crippen LogP contribution in [0.5, 0.6) is 0 Å². The maximum atomic E-state index is 14.7.